The Kier molecular flexibility index (Phi) is 8.52. The average molecular weight is 374 g/mol. The highest BCUT2D eigenvalue weighted by atomic mass is 16.2. The molecule has 1 rings (SSSR count). The predicted molar refractivity (Wildman–Crippen MR) is 117 cm³/mol. The molecule has 0 aromatic carbocycles. The van der Waals surface area contributed by atoms with Gasteiger partial charge in [-0.3, -0.25) is 9.79 Å². The van der Waals surface area contributed by atoms with Crippen molar-refractivity contribution >= 4 is 11.6 Å². The largest absolute Gasteiger partial charge is 0.371 e. The zero-order valence-corrected chi connectivity index (χ0v) is 18.9. The molecule has 4 nitrogen and oxygen atoms in total. The Hall–Kier alpha value is -1.84. The molecule has 1 aliphatic heterocycles. The molecule has 152 valence electrons. The van der Waals surface area contributed by atoms with Crippen LogP contribution in [-0.2, 0) is 4.79 Å². The maximum Gasteiger partial charge on any atom is 0.228 e. The van der Waals surface area contributed by atoms with Gasteiger partial charge in [0.25, 0.3) is 0 Å². The van der Waals surface area contributed by atoms with Gasteiger partial charge in [0.1, 0.15) is 0 Å². The fourth-order valence-electron chi connectivity index (χ4n) is 3.46. The SMILES string of the molecule is C\C=C(C)/C(C(/C)=N/C=C/CC)=C(/C)N1CCN(C(=O)C(C)(C)C)C(C)C1. The van der Waals surface area contributed by atoms with Crippen molar-refractivity contribution in [2.24, 2.45) is 10.4 Å². The van der Waals surface area contributed by atoms with E-state index in [1.54, 1.807) is 0 Å². The van der Waals surface area contributed by atoms with E-state index in [0.29, 0.717) is 0 Å². The van der Waals surface area contributed by atoms with Crippen molar-refractivity contribution in [2.45, 2.75) is 74.8 Å². The Balaban J connectivity index is 3.13. The van der Waals surface area contributed by atoms with Crippen LogP contribution in [0.3, 0.4) is 0 Å². The third-order valence-electron chi connectivity index (χ3n) is 5.16. The fraction of sp³-hybridized carbons (Fsp3) is 0.652. The van der Waals surface area contributed by atoms with Gasteiger partial charge < -0.3 is 9.80 Å². The first kappa shape index (κ1) is 23.2. The molecule has 1 saturated heterocycles. The van der Waals surface area contributed by atoms with Gasteiger partial charge in [0.05, 0.1) is 0 Å². The Labute approximate surface area is 166 Å². The molecule has 27 heavy (non-hydrogen) atoms. The molecule has 1 heterocycles. The number of carbonyl (C=O) groups excluding carboxylic acids is 1. The van der Waals surface area contributed by atoms with Gasteiger partial charge in [-0.1, -0.05) is 39.8 Å². The minimum Gasteiger partial charge on any atom is -0.371 e. The molecule has 0 aliphatic carbocycles. The van der Waals surface area contributed by atoms with Crippen molar-refractivity contribution in [1.29, 1.82) is 0 Å². The molecule has 1 amide bonds. The topological polar surface area (TPSA) is 35.9 Å². The van der Waals surface area contributed by atoms with Gasteiger partial charge in [-0.2, -0.15) is 0 Å². The number of hydrogen-bond acceptors (Lipinski definition) is 3. The predicted octanol–water partition coefficient (Wildman–Crippen LogP) is 5.19. The maximum absolute atomic E-state index is 12.7. The molecular weight excluding hydrogens is 334 g/mol. The van der Waals surface area contributed by atoms with Crippen LogP contribution >= 0.6 is 0 Å². The zero-order valence-electron chi connectivity index (χ0n) is 18.9. The molecule has 0 N–H and O–H groups in total. The Morgan fingerprint density at radius 2 is 1.81 bits per heavy atom. The molecule has 1 unspecified atom stereocenters. The van der Waals surface area contributed by atoms with E-state index >= 15 is 0 Å². The van der Waals surface area contributed by atoms with Crippen LogP contribution in [0.5, 0.6) is 0 Å². The second kappa shape index (κ2) is 9.91. The molecule has 0 aromatic rings. The van der Waals surface area contributed by atoms with Crippen molar-refractivity contribution in [1.82, 2.24) is 9.80 Å². The summed E-state index contributed by atoms with van der Waals surface area (Å²) in [6, 6.07) is 0.199. The molecule has 0 aromatic heterocycles. The van der Waals surface area contributed by atoms with Gasteiger partial charge in [-0.15, -0.1) is 0 Å². The minimum absolute atomic E-state index is 0.199. The van der Waals surface area contributed by atoms with Gasteiger partial charge in [0.2, 0.25) is 5.91 Å². The van der Waals surface area contributed by atoms with Crippen molar-refractivity contribution in [2.75, 3.05) is 19.6 Å². The molecule has 1 fully saturated rings. The first-order chi connectivity index (χ1) is 12.5. The highest BCUT2D eigenvalue weighted by Gasteiger charge is 2.34. The lowest BCUT2D eigenvalue weighted by molar-refractivity contribution is -0.143. The van der Waals surface area contributed by atoms with E-state index in [2.05, 4.69) is 63.6 Å². The number of aliphatic imine (C=N–C) groups is 1. The van der Waals surface area contributed by atoms with Gasteiger partial charge in [-0.25, -0.2) is 0 Å². The van der Waals surface area contributed by atoms with Crippen LogP contribution in [0.1, 0.15) is 68.7 Å². The number of nitrogens with zero attached hydrogens (tertiary/aromatic N) is 3. The standard InChI is InChI=1S/C23H39N3O/c1-10-12-13-24-19(5)21(17(3)11-2)20(6)25-14-15-26(18(4)16-25)22(27)23(7,8)9/h11-13,18H,10,14-16H2,1-9H3/b13-12+,17-11-,21-20+,24-19+. The third kappa shape index (κ3) is 6.08. The molecule has 1 aliphatic rings. The van der Waals surface area contributed by atoms with Crippen LogP contribution in [0.2, 0.25) is 0 Å². The van der Waals surface area contributed by atoms with E-state index < -0.39 is 0 Å². The molecule has 0 saturated carbocycles. The summed E-state index contributed by atoms with van der Waals surface area (Å²) in [6.07, 6.45) is 7.09. The molecule has 0 radical (unpaired) electrons. The van der Waals surface area contributed by atoms with Crippen molar-refractivity contribution in [3.63, 3.8) is 0 Å². The normalized spacial score (nSPS) is 21.0. The number of carbonyl (C=O) groups is 1. The first-order valence-corrected chi connectivity index (χ1v) is 10.1. The van der Waals surface area contributed by atoms with Gasteiger partial charge in [0.15, 0.2) is 0 Å². The monoisotopic (exact) mass is 373 g/mol. The van der Waals surface area contributed by atoms with E-state index in [1.807, 2.05) is 31.9 Å². The van der Waals surface area contributed by atoms with Gasteiger partial charge >= 0.3 is 0 Å². The Bertz CT molecular complexity index is 647. The van der Waals surface area contributed by atoms with E-state index in [9.17, 15) is 4.79 Å². The third-order valence-corrected chi connectivity index (χ3v) is 5.16. The van der Waals surface area contributed by atoms with E-state index in [4.69, 9.17) is 0 Å². The Morgan fingerprint density at radius 3 is 2.30 bits per heavy atom. The van der Waals surface area contributed by atoms with E-state index in [0.717, 1.165) is 31.8 Å². The lowest BCUT2D eigenvalue weighted by Gasteiger charge is -2.44. The van der Waals surface area contributed by atoms with Crippen molar-refractivity contribution in [3.8, 4) is 0 Å². The highest BCUT2D eigenvalue weighted by molar-refractivity contribution is 6.02. The molecule has 0 bridgehead atoms. The van der Waals surface area contributed by atoms with Crippen LogP contribution in [0, 0.1) is 5.41 Å². The number of allylic oxidation sites excluding steroid dienone is 5. The van der Waals surface area contributed by atoms with E-state index in [-0.39, 0.29) is 17.4 Å². The van der Waals surface area contributed by atoms with Gasteiger partial charge in [0, 0.05) is 54.3 Å². The highest BCUT2D eigenvalue weighted by Crippen LogP contribution is 2.25. The molecule has 0 spiro atoms. The average Bonchev–Trinajstić information content (AvgIpc) is 2.60. The molecule has 1 atom stereocenters. The molecule has 4 heteroatoms. The number of piperazine rings is 1. The summed E-state index contributed by atoms with van der Waals surface area (Å²) in [5.41, 5.74) is 4.39. The smallest absolute Gasteiger partial charge is 0.228 e. The Morgan fingerprint density at radius 1 is 1.19 bits per heavy atom. The van der Waals surface area contributed by atoms with Crippen LogP contribution in [0.25, 0.3) is 0 Å². The fourth-order valence-corrected chi connectivity index (χ4v) is 3.46. The summed E-state index contributed by atoms with van der Waals surface area (Å²) < 4.78 is 0. The van der Waals surface area contributed by atoms with Crippen LogP contribution in [0.4, 0.5) is 0 Å². The lowest BCUT2D eigenvalue weighted by Crippen LogP contribution is -2.56. The van der Waals surface area contributed by atoms with Crippen LogP contribution < -0.4 is 0 Å². The van der Waals surface area contributed by atoms with Crippen LogP contribution in [0.15, 0.2) is 40.2 Å². The summed E-state index contributed by atoms with van der Waals surface area (Å²) in [5, 5.41) is 0. The van der Waals surface area contributed by atoms with E-state index in [1.165, 1.54) is 16.8 Å². The van der Waals surface area contributed by atoms with Gasteiger partial charge in [-0.05, 0) is 46.6 Å². The number of rotatable bonds is 5. The second-order valence-electron chi connectivity index (χ2n) is 8.48. The summed E-state index contributed by atoms with van der Waals surface area (Å²) in [6.45, 7) is 21.2. The number of amides is 1. The van der Waals surface area contributed by atoms with Crippen molar-refractivity contribution < 1.29 is 4.79 Å². The zero-order chi connectivity index (χ0) is 20.8. The second-order valence-corrected chi connectivity index (χ2v) is 8.48. The summed E-state index contributed by atoms with van der Waals surface area (Å²) in [4.78, 5) is 21.8. The van der Waals surface area contributed by atoms with Crippen molar-refractivity contribution in [3.05, 3.63) is 35.2 Å². The minimum atomic E-state index is -0.330. The summed E-state index contributed by atoms with van der Waals surface area (Å²) in [7, 11) is 0. The summed E-state index contributed by atoms with van der Waals surface area (Å²) in [5.74, 6) is 0.239. The first-order valence-electron chi connectivity index (χ1n) is 10.1. The maximum atomic E-state index is 12.7. The quantitative estimate of drug-likeness (QED) is 0.491. The molecular formula is C23H39N3O. The van der Waals surface area contributed by atoms with Crippen LogP contribution in [-0.4, -0.2) is 47.1 Å². The summed E-state index contributed by atoms with van der Waals surface area (Å²) >= 11 is 0. The lowest BCUT2D eigenvalue weighted by atomic mass is 9.93. The number of hydrogen-bond donors (Lipinski definition) is 0.